The molecule has 0 aromatic heterocycles. The molecule has 0 fully saturated rings. The number of rotatable bonds is 31. The lowest BCUT2D eigenvalue weighted by Crippen LogP contribution is -2.47. The molecule has 0 bridgehead atoms. The van der Waals surface area contributed by atoms with Gasteiger partial charge in [-0.1, -0.05) is 101 Å². The molecule has 0 saturated carbocycles. The third-order valence-electron chi connectivity index (χ3n) is 7.54. The van der Waals surface area contributed by atoms with Crippen molar-refractivity contribution in [2.24, 2.45) is 0 Å². The lowest BCUT2D eigenvalue weighted by atomic mass is 10.1. The van der Waals surface area contributed by atoms with Crippen molar-refractivity contribution in [2.45, 2.75) is 154 Å². The molecule has 47 heavy (non-hydrogen) atoms. The van der Waals surface area contributed by atoms with Crippen molar-refractivity contribution in [3.63, 3.8) is 0 Å². The summed E-state index contributed by atoms with van der Waals surface area (Å²) >= 11 is 0. The van der Waals surface area contributed by atoms with E-state index < -0.39 is 24.5 Å². The van der Waals surface area contributed by atoms with E-state index in [2.05, 4.69) is 67.0 Å². The van der Waals surface area contributed by atoms with Crippen LogP contribution in [0.2, 0.25) is 0 Å². The first-order valence-electron chi connectivity index (χ1n) is 18.0. The first-order chi connectivity index (χ1) is 22.8. The zero-order chi connectivity index (χ0) is 34.8. The van der Waals surface area contributed by atoms with Crippen LogP contribution in [0.3, 0.4) is 0 Å². The van der Waals surface area contributed by atoms with Crippen LogP contribution in [0.4, 0.5) is 0 Å². The highest BCUT2D eigenvalue weighted by Gasteiger charge is 2.18. The van der Waals surface area contributed by atoms with Crippen molar-refractivity contribution in [1.82, 2.24) is 10.6 Å². The molecule has 0 rings (SSSR count). The van der Waals surface area contributed by atoms with E-state index in [1.54, 1.807) is 0 Å². The van der Waals surface area contributed by atoms with Crippen LogP contribution < -0.4 is 10.6 Å². The second-order valence-corrected chi connectivity index (χ2v) is 11.9. The Kier molecular flexibility index (Phi) is 30.5. The third kappa shape index (κ3) is 29.9. The molecule has 0 spiro atoms. The number of carboxylic acid groups (broad SMARTS) is 1. The number of nitrogens with one attached hydrogen (secondary N) is 2. The number of carbonyl (C=O) groups excluding carboxylic acids is 3. The van der Waals surface area contributed by atoms with Crippen molar-refractivity contribution >= 4 is 23.8 Å². The molecule has 9 nitrogen and oxygen atoms in total. The second-order valence-electron chi connectivity index (χ2n) is 11.9. The average Bonchev–Trinajstić information content (AvgIpc) is 3.05. The molecule has 268 valence electrons. The summed E-state index contributed by atoms with van der Waals surface area (Å²) in [7, 11) is 0. The molecular formula is C38H64N2O7. The Hall–Kier alpha value is -3.20. The van der Waals surface area contributed by atoms with E-state index in [1.807, 2.05) is 6.08 Å². The van der Waals surface area contributed by atoms with E-state index in [1.165, 1.54) is 25.7 Å². The van der Waals surface area contributed by atoms with Crippen LogP contribution in [0.25, 0.3) is 0 Å². The lowest BCUT2D eigenvalue weighted by Gasteiger charge is -2.15. The van der Waals surface area contributed by atoms with Crippen molar-refractivity contribution in [2.75, 3.05) is 13.2 Å². The van der Waals surface area contributed by atoms with Gasteiger partial charge in [0.2, 0.25) is 11.8 Å². The van der Waals surface area contributed by atoms with Crippen molar-refractivity contribution in [3.05, 3.63) is 48.6 Å². The molecule has 9 heteroatoms. The molecule has 0 aliphatic heterocycles. The van der Waals surface area contributed by atoms with Gasteiger partial charge in [0.1, 0.15) is 12.1 Å². The number of carboxylic acids is 1. The van der Waals surface area contributed by atoms with Gasteiger partial charge in [0, 0.05) is 12.8 Å². The third-order valence-corrected chi connectivity index (χ3v) is 7.54. The summed E-state index contributed by atoms with van der Waals surface area (Å²) in [6, 6.07) is -1.39. The predicted molar refractivity (Wildman–Crippen MR) is 190 cm³/mol. The number of allylic oxidation sites excluding steroid dienone is 7. The van der Waals surface area contributed by atoms with Gasteiger partial charge in [0.15, 0.2) is 0 Å². The number of ether oxygens (including phenoxy) is 1. The molecule has 0 aliphatic carbocycles. The highest BCUT2D eigenvalue weighted by atomic mass is 16.5. The zero-order valence-corrected chi connectivity index (χ0v) is 29.3. The lowest BCUT2D eigenvalue weighted by molar-refractivity contribution is -0.147. The number of aliphatic carboxylic acids is 1. The number of hydrogen-bond donors (Lipinski definition) is 4. The van der Waals surface area contributed by atoms with E-state index in [0.29, 0.717) is 12.8 Å². The highest BCUT2D eigenvalue weighted by Crippen LogP contribution is 2.14. The van der Waals surface area contributed by atoms with Crippen molar-refractivity contribution in [3.8, 4) is 0 Å². The molecule has 2 atom stereocenters. The van der Waals surface area contributed by atoms with Crippen molar-refractivity contribution < 1.29 is 34.1 Å². The number of hydrogen-bond acceptors (Lipinski definition) is 6. The normalized spacial score (nSPS) is 13.1. The minimum atomic E-state index is -1.39. The number of amides is 2. The van der Waals surface area contributed by atoms with Crippen LogP contribution in [-0.2, 0) is 23.9 Å². The van der Waals surface area contributed by atoms with Gasteiger partial charge in [-0.3, -0.25) is 14.4 Å². The second kappa shape index (κ2) is 32.7. The summed E-state index contributed by atoms with van der Waals surface area (Å²) in [4.78, 5) is 47.2. The fourth-order valence-electron chi connectivity index (χ4n) is 4.75. The first-order valence-corrected chi connectivity index (χ1v) is 18.0. The van der Waals surface area contributed by atoms with Gasteiger partial charge >= 0.3 is 11.9 Å². The van der Waals surface area contributed by atoms with Gasteiger partial charge in [0.05, 0.1) is 13.2 Å². The topological polar surface area (TPSA) is 142 Å². The Morgan fingerprint density at radius 2 is 1.28 bits per heavy atom. The van der Waals surface area contributed by atoms with E-state index in [4.69, 9.17) is 14.9 Å². The van der Waals surface area contributed by atoms with E-state index in [0.717, 1.165) is 83.5 Å². The molecular weight excluding hydrogens is 596 g/mol. The maximum Gasteiger partial charge on any atom is 0.328 e. The minimum Gasteiger partial charge on any atom is -0.480 e. The van der Waals surface area contributed by atoms with Gasteiger partial charge in [-0.2, -0.15) is 0 Å². The average molecular weight is 661 g/mol. The molecule has 2 amide bonds. The number of aliphatic hydroxyl groups is 1. The van der Waals surface area contributed by atoms with Crippen LogP contribution in [0.15, 0.2) is 48.6 Å². The summed E-state index contributed by atoms with van der Waals surface area (Å²) in [5.41, 5.74) is 0. The largest absolute Gasteiger partial charge is 0.480 e. The van der Waals surface area contributed by atoms with Crippen LogP contribution in [-0.4, -0.2) is 59.3 Å². The summed E-state index contributed by atoms with van der Waals surface area (Å²) < 4.78 is 5.85. The standard InChI is InChI=1S/C38H64N2O7/c1-3-5-7-9-11-12-13-14-15-16-18-20-26-30-37(44)47-33(27-23-19-17-10-8-6-4-2)28-24-21-22-25-29-35(42)39-31-36(43)40-34(32-41)38(45)46/h5,7,11-12,14-15,23,27,33-34,41H,3-4,6,8-10,13,16-22,24-26,28-32H2,1-2H3,(H,39,42)(H,40,43)(H,45,46)/b7-5-,12-11-,15-14-,27-23-. The van der Waals surface area contributed by atoms with E-state index in [9.17, 15) is 19.2 Å². The number of aliphatic hydroxyl groups excluding tert-OH is 1. The first kappa shape index (κ1) is 43.8. The van der Waals surface area contributed by atoms with E-state index >= 15 is 0 Å². The fraction of sp³-hybridized carbons (Fsp3) is 0.684. The summed E-state index contributed by atoms with van der Waals surface area (Å²) in [5, 5.41) is 22.4. The quantitative estimate of drug-likeness (QED) is 0.0340. The van der Waals surface area contributed by atoms with Crippen LogP contribution in [0.1, 0.15) is 142 Å². The minimum absolute atomic E-state index is 0.144. The Balaban J connectivity index is 4.35. The Morgan fingerprint density at radius 3 is 1.96 bits per heavy atom. The number of unbranched alkanes of at least 4 members (excludes halogenated alkanes) is 11. The molecule has 0 heterocycles. The zero-order valence-electron chi connectivity index (χ0n) is 29.3. The molecule has 4 N–H and O–H groups in total. The Bertz CT molecular complexity index is 942. The molecule has 2 unspecified atom stereocenters. The maximum absolute atomic E-state index is 12.6. The summed E-state index contributed by atoms with van der Waals surface area (Å²) in [5.74, 6) is -2.44. The van der Waals surface area contributed by atoms with Gasteiger partial charge in [-0.15, -0.1) is 0 Å². The summed E-state index contributed by atoms with van der Waals surface area (Å²) in [6.07, 6.45) is 35.8. The van der Waals surface area contributed by atoms with Crippen LogP contribution in [0, 0.1) is 0 Å². The van der Waals surface area contributed by atoms with Crippen LogP contribution >= 0.6 is 0 Å². The van der Waals surface area contributed by atoms with Gasteiger partial charge in [0.25, 0.3) is 0 Å². The van der Waals surface area contributed by atoms with Gasteiger partial charge in [-0.05, 0) is 76.7 Å². The number of carbonyl (C=O) groups is 4. The SMILES string of the molecule is CC/C=C\C/C=C\C/C=C\CCCCCC(=O)OC(/C=C\CCCCCCC)CCCCCCC(=O)NCC(=O)NC(CO)C(=O)O. The monoisotopic (exact) mass is 660 g/mol. The Morgan fingerprint density at radius 1 is 0.681 bits per heavy atom. The molecule has 0 aromatic rings. The van der Waals surface area contributed by atoms with Gasteiger partial charge in [-0.25, -0.2) is 4.79 Å². The van der Waals surface area contributed by atoms with E-state index in [-0.39, 0.29) is 30.9 Å². The summed E-state index contributed by atoms with van der Waals surface area (Å²) in [6.45, 7) is 3.28. The number of esters is 1. The molecule has 0 radical (unpaired) electrons. The molecule has 0 aliphatic rings. The fourth-order valence-corrected chi connectivity index (χ4v) is 4.75. The maximum atomic E-state index is 12.6. The molecule has 0 saturated heterocycles. The van der Waals surface area contributed by atoms with Crippen molar-refractivity contribution in [1.29, 1.82) is 0 Å². The molecule has 0 aromatic carbocycles. The van der Waals surface area contributed by atoms with Gasteiger partial charge < -0.3 is 25.6 Å². The highest BCUT2D eigenvalue weighted by molar-refractivity contribution is 5.87. The smallest absolute Gasteiger partial charge is 0.328 e. The predicted octanol–water partition coefficient (Wildman–Crippen LogP) is 7.64. The van der Waals surface area contributed by atoms with Crippen LogP contribution in [0.5, 0.6) is 0 Å². The Labute approximate surface area is 284 Å².